The van der Waals surface area contributed by atoms with Gasteiger partial charge in [-0.15, -0.1) is 0 Å². The Morgan fingerprint density at radius 3 is 2.62 bits per heavy atom. The number of methoxy groups -OCH3 is 1. The maximum Gasteiger partial charge on any atom is 0.0740 e. The van der Waals surface area contributed by atoms with E-state index in [1.165, 1.54) is 6.42 Å². The van der Waals surface area contributed by atoms with Crippen molar-refractivity contribution in [3.8, 4) is 0 Å². The fourth-order valence-electron chi connectivity index (χ4n) is 1.04. The van der Waals surface area contributed by atoms with Gasteiger partial charge in [0.15, 0.2) is 0 Å². The van der Waals surface area contributed by atoms with Crippen LogP contribution in [0.5, 0.6) is 0 Å². The van der Waals surface area contributed by atoms with E-state index in [2.05, 4.69) is 11.9 Å². The van der Waals surface area contributed by atoms with Gasteiger partial charge in [-0.3, -0.25) is 0 Å². The fraction of sp³-hybridized carbons (Fsp3) is 0.889. The molecule has 0 aliphatic carbocycles. The molecule has 0 aromatic heterocycles. The third kappa shape index (κ3) is 9.73. The molecule has 0 spiro atoms. The van der Waals surface area contributed by atoms with Crippen LogP contribution in [0.3, 0.4) is 0 Å². The van der Waals surface area contributed by atoms with Crippen LogP contribution in [0.4, 0.5) is 0 Å². The number of hydrogen-bond acceptors (Lipinski definition) is 3. The maximum absolute atomic E-state index is 5.40. The van der Waals surface area contributed by atoms with Crippen LogP contribution in [0.1, 0.15) is 19.3 Å². The van der Waals surface area contributed by atoms with Crippen molar-refractivity contribution in [1.82, 2.24) is 4.90 Å². The van der Waals surface area contributed by atoms with Crippen molar-refractivity contribution in [1.29, 1.82) is 0 Å². The molecule has 0 rings (SSSR count). The summed E-state index contributed by atoms with van der Waals surface area (Å²) in [6.45, 7) is 2.90. The second-order valence-corrected chi connectivity index (χ2v) is 3.74. The summed E-state index contributed by atoms with van der Waals surface area (Å²) in [6, 6.07) is 0. The second-order valence-electron chi connectivity index (χ2n) is 3.22. The monoisotopic (exact) mass is 204 g/mol. The summed E-state index contributed by atoms with van der Waals surface area (Å²) in [5.41, 5.74) is 5.40. The molecule has 78 valence electrons. The Labute approximate surface area is 86.2 Å². The molecule has 3 nitrogen and oxygen atoms in total. The highest BCUT2D eigenvalue weighted by Gasteiger charge is 1.98. The third-order valence-corrected chi connectivity index (χ3v) is 2.08. The lowest BCUT2D eigenvalue weighted by Gasteiger charge is -2.15. The van der Waals surface area contributed by atoms with Gasteiger partial charge >= 0.3 is 0 Å². The normalized spacial score (nSPS) is 10.7. The van der Waals surface area contributed by atoms with Crippen molar-refractivity contribution in [3.63, 3.8) is 0 Å². The van der Waals surface area contributed by atoms with Crippen molar-refractivity contribution in [2.75, 3.05) is 33.9 Å². The minimum absolute atomic E-state index is 0.601. The molecular formula is C9H20N2OS. The van der Waals surface area contributed by atoms with Crippen molar-refractivity contribution in [3.05, 3.63) is 0 Å². The Bertz CT molecular complexity index is 142. The molecule has 0 saturated carbocycles. The molecule has 0 unspecified atom stereocenters. The third-order valence-electron chi connectivity index (χ3n) is 1.88. The van der Waals surface area contributed by atoms with Gasteiger partial charge in [0.25, 0.3) is 0 Å². The van der Waals surface area contributed by atoms with E-state index in [0.29, 0.717) is 4.99 Å². The van der Waals surface area contributed by atoms with Crippen molar-refractivity contribution >= 4 is 17.2 Å². The molecular weight excluding hydrogens is 184 g/mol. The van der Waals surface area contributed by atoms with Gasteiger partial charge in [-0.05, 0) is 26.4 Å². The molecule has 0 amide bonds. The second kappa shape index (κ2) is 8.41. The van der Waals surface area contributed by atoms with E-state index in [0.717, 1.165) is 32.5 Å². The first-order valence-electron chi connectivity index (χ1n) is 4.62. The molecule has 0 aromatic carbocycles. The Morgan fingerprint density at radius 2 is 2.08 bits per heavy atom. The molecule has 0 atom stereocenters. The summed E-state index contributed by atoms with van der Waals surface area (Å²) < 4.78 is 4.96. The van der Waals surface area contributed by atoms with Crippen molar-refractivity contribution < 1.29 is 4.74 Å². The number of nitrogens with two attached hydrogens (primary N) is 1. The van der Waals surface area contributed by atoms with Crippen LogP contribution in [0, 0.1) is 0 Å². The minimum Gasteiger partial charge on any atom is -0.393 e. The molecule has 0 radical (unpaired) electrons. The van der Waals surface area contributed by atoms with E-state index in [-0.39, 0.29) is 0 Å². The maximum atomic E-state index is 5.40. The van der Waals surface area contributed by atoms with Crippen molar-refractivity contribution in [2.45, 2.75) is 19.3 Å². The molecule has 0 aliphatic rings. The number of rotatable bonds is 8. The molecule has 0 fully saturated rings. The smallest absolute Gasteiger partial charge is 0.0740 e. The summed E-state index contributed by atoms with van der Waals surface area (Å²) in [5.74, 6) is 0. The zero-order valence-corrected chi connectivity index (χ0v) is 9.40. The van der Waals surface area contributed by atoms with Gasteiger partial charge in [0, 0.05) is 26.7 Å². The van der Waals surface area contributed by atoms with Crippen LogP contribution in [-0.2, 0) is 4.74 Å². The van der Waals surface area contributed by atoms with Crippen LogP contribution in [-0.4, -0.2) is 43.7 Å². The molecule has 0 heterocycles. The number of ether oxygens (including phenoxy) is 1. The van der Waals surface area contributed by atoms with Gasteiger partial charge in [0.2, 0.25) is 0 Å². The quantitative estimate of drug-likeness (QED) is 0.473. The van der Waals surface area contributed by atoms with Crippen LogP contribution >= 0.6 is 12.2 Å². The van der Waals surface area contributed by atoms with Gasteiger partial charge in [-0.25, -0.2) is 0 Å². The lowest BCUT2D eigenvalue weighted by Crippen LogP contribution is -2.24. The predicted molar refractivity (Wildman–Crippen MR) is 60.0 cm³/mol. The first-order chi connectivity index (χ1) is 6.16. The van der Waals surface area contributed by atoms with E-state index < -0.39 is 0 Å². The molecule has 2 N–H and O–H groups in total. The molecule has 0 saturated heterocycles. The number of thiocarbonyl (C=S) groups is 1. The largest absolute Gasteiger partial charge is 0.393 e. The first kappa shape index (κ1) is 12.8. The van der Waals surface area contributed by atoms with Crippen LogP contribution in [0.15, 0.2) is 0 Å². The number of unbranched alkanes of at least 4 members (excludes halogenated alkanes) is 1. The first-order valence-corrected chi connectivity index (χ1v) is 5.03. The van der Waals surface area contributed by atoms with Crippen LogP contribution in [0.2, 0.25) is 0 Å². The van der Waals surface area contributed by atoms with Gasteiger partial charge in [0.1, 0.15) is 0 Å². The van der Waals surface area contributed by atoms with Gasteiger partial charge in [0.05, 0.1) is 4.99 Å². The highest BCUT2D eigenvalue weighted by atomic mass is 32.1. The average molecular weight is 204 g/mol. The van der Waals surface area contributed by atoms with Gasteiger partial charge in [-0.2, -0.15) is 0 Å². The Hall–Kier alpha value is -0.190. The average Bonchev–Trinajstić information content (AvgIpc) is 2.09. The molecule has 0 bridgehead atoms. The van der Waals surface area contributed by atoms with Crippen LogP contribution < -0.4 is 5.73 Å². The van der Waals surface area contributed by atoms with Gasteiger partial charge < -0.3 is 15.4 Å². The topological polar surface area (TPSA) is 38.5 Å². The zero-order valence-electron chi connectivity index (χ0n) is 8.58. The van der Waals surface area contributed by atoms with Gasteiger partial charge in [-0.1, -0.05) is 12.2 Å². The van der Waals surface area contributed by atoms with E-state index in [1.807, 2.05) is 0 Å². The highest BCUT2D eigenvalue weighted by Crippen LogP contribution is 1.94. The summed E-state index contributed by atoms with van der Waals surface area (Å²) in [4.78, 5) is 2.85. The summed E-state index contributed by atoms with van der Waals surface area (Å²) in [6.07, 6.45) is 3.10. The Kier molecular flexibility index (Phi) is 8.29. The molecule has 4 heteroatoms. The molecule has 13 heavy (non-hydrogen) atoms. The molecule has 0 aliphatic heterocycles. The van der Waals surface area contributed by atoms with Crippen LogP contribution in [0.25, 0.3) is 0 Å². The summed E-state index contributed by atoms with van der Waals surface area (Å²) in [5, 5.41) is 0. The Balaban J connectivity index is 3.19. The number of hydrogen-bond donors (Lipinski definition) is 1. The number of nitrogens with zero attached hydrogens (tertiary/aromatic N) is 1. The lowest BCUT2D eigenvalue weighted by atomic mass is 10.3. The standard InChI is InChI=1S/C9H20N2OS/c1-11(7-5-9(10)13)6-3-4-8-12-2/h3-8H2,1-2H3,(H2,10,13). The Morgan fingerprint density at radius 1 is 1.38 bits per heavy atom. The SMILES string of the molecule is COCCCCN(C)CCC(N)=S. The lowest BCUT2D eigenvalue weighted by molar-refractivity contribution is 0.187. The van der Waals surface area contributed by atoms with E-state index in [9.17, 15) is 0 Å². The predicted octanol–water partition coefficient (Wildman–Crippen LogP) is 1.02. The highest BCUT2D eigenvalue weighted by molar-refractivity contribution is 7.80. The minimum atomic E-state index is 0.601. The molecule has 0 aromatic rings. The zero-order chi connectivity index (χ0) is 10.1. The van der Waals surface area contributed by atoms with E-state index >= 15 is 0 Å². The fourth-order valence-corrected chi connectivity index (χ4v) is 1.13. The summed E-state index contributed by atoms with van der Waals surface area (Å²) in [7, 11) is 3.82. The van der Waals surface area contributed by atoms with E-state index in [4.69, 9.17) is 22.7 Å². The van der Waals surface area contributed by atoms with Crippen molar-refractivity contribution in [2.24, 2.45) is 5.73 Å². The van der Waals surface area contributed by atoms with E-state index in [1.54, 1.807) is 7.11 Å². The summed E-state index contributed by atoms with van der Waals surface area (Å²) >= 11 is 4.80.